The Bertz CT molecular complexity index is 701. The van der Waals surface area contributed by atoms with E-state index in [2.05, 4.69) is 22.3 Å². The first-order chi connectivity index (χ1) is 9.34. The molecule has 0 spiro atoms. The molecule has 1 aromatic heterocycles. The Balaban J connectivity index is 1.91. The molecule has 4 heteroatoms. The largest absolute Gasteiger partial charge is 0.159 e. The van der Waals surface area contributed by atoms with Gasteiger partial charge in [-0.1, -0.05) is 78.0 Å². The Hall–Kier alpha value is -1.58. The van der Waals surface area contributed by atoms with Gasteiger partial charge in [-0.25, -0.2) is 0 Å². The summed E-state index contributed by atoms with van der Waals surface area (Å²) in [5.41, 5.74) is 1.27. The molecule has 0 aliphatic carbocycles. The highest BCUT2D eigenvalue weighted by atomic mass is 35.5. The minimum absolute atomic E-state index is 0.458. The summed E-state index contributed by atoms with van der Waals surface area (Å²) in [7, 11) is 0. The van der Waals surface area contributed by atoms with Crippen LogP contribution in [0.5, 0.6) is 0 Å². The maximum absolute atomic E-state index is 6.06. The molecule has 2 nitrogen and oxygen atoms in total. The molecule has 0 fully saturated rings. The zero-order valence-corrected chi connectivity index (χ0v) is 11.7. The van der Waals surface area contributed by atoms with Crippen LogP contribution in [0.2, 0.25) is 5.15 Å². The molecular weight excluding hydrogens is 276 g/mol. The molecule has 1 heterocycles. The normalized spacial score (nSPS) is 10.8. The van der Waals surface area contributed by atoms with E-state index in [9.17, 15) is 0 Å². The third-order valence-electron chi connectivity index (χ3n) is 2.83. The van der Waals surface area contributed by atoms with Gasteiger partial charge in [0.15, 0.2) is 5.15 Å². The lowest BCUT2D eigenvalue weighted by molar-refractivity contribution is 0.956. The summed E-state index contributed by atoms with van der Waals surface area (Å²) in [6.07, 6.45) is 0. The predicted molar refractivity (Wildman–Crippen MR) is 80.6 cm³/mol. The van der Waals surface area contributed by atoms with Crippen molar-refractivity contribution in [2.75, 3.05) is 0 Å². The van der Waals surface area contributed by atoms with Crippen LogP contribution in [-0.2, 0) is 5.75 Å². The average Bonchev–Trinajstić information content (AvgIpc) is 2.48. The lowest BCUT2D eigenvalue weighted by Gasteiger charge is -2.05. The minimum Gasteiger partial charge on any atom is -0.142 e. The van der Waals surface area contributed by atoms with E-state index in [4.69, 9.17) is 11.6 Å². The molecule has 94 valence electrons. The number of hydrogen-bond acceptors (Lipinski definition) is 3. The highest BCUT2D eigenvalue weighted by Gasteiger charge is 2.07. The maximum atomic E-state index is 6.06. The molecule has 0 unspecified atom stereocenters. The van der Waals surface area contributed by atoms with Crippen molar-refractivity contribution in [3.63, 3.8) is 0 Å². The van der Waals surface area contributed by atoms with Crippen LogP contribution in [0.3, 0.4) is 0 Å². The molecule has 0 radical (unpaired) electrons. The van der Waals surface area contributed by atoms with Crippen LogP contribution in [0.15, 0.2) is 59.6 Å². The van der Waals surface area contributed by atoms with Gasteiger partial charge in [0.05, 0.1) is 0 Å². The van der Waals surface area contributed by atoms with Crippen LogP contribution in [0.4, 0.5) is 0 Å². The van der Waals surface area contributed by atoms with Crippen LogP contribution in [0.25, 0.3) is 10.8 Å². The number of hydrogen-bond donors (Lipinski definition) is 0. The van der Waals surface area contributed by atoms with E-state index in [1.54, 1.807) is 11.8 Å². The first-order valence-corrected chi connectivity index (χ1v) is 7.28. The quantitative estimate of drug-likeness (QED) is 0.659. The summed E-state index contributed by atoms with van der Waals surface area (Å²) < 4.78 is 0. The fraction of sp³-hybridized carbons (Fsp3) is 0.0667. The van der Waals surface area contributed by atoms with Crippen molar-refractivity contribution in [2.45, 2.75) is 10.8 Å². The van der Waals surface area contributed by atoms with E-state index in [1.807, 2.05) is 42.5 Å². The minimum atomic E-state index is 0.458. The zero-order valence-electron chi connectivity index (χ0n) is 10.1. The summed E-state index contributed by atoms with van der Waals surface area (Å²) in [5, 5.41) is 11.6. The summed E-state index contributed by atoms with van der Waals surface area (Å²) in [6.45, 7) is 0. The van der Waals surface area contributed by atoms with E-state index < -0.39 is 0 Å². The third-order valence-corrected chi connectivity index (χ3v) is 4.16. The Morgan fingerprint density at radius 2 is 1.53 bits per heavy atom. The molecule has 0 saturated heterocycles. The van der Waals surface area contributed by atoms with Gasteiger partial charge in [0, 0.05) is 16.5 Å². The molecule has 0 aliphatic rings. The molecule has 0 atom stereocenters. The van der Waals surface area contributed by atoms with Crippen molar-refractivity contribution in [1.29, 1.82) is 0 Å². The highest BCUT2D eigenvalue weighted by molar-refractivity contribution is 7.98. The van der Waals surface area contributed by atoms with Crippen molar-refractivity contribution in [3.8, 4) is 0 Å². The fourth-order valence-corrected chi connectivity index (χ4v) is 3.01. The molecule has 2 aromatic carbocycles. The van der Waals surface area contributed by atoms with Gasteiger partial charge in [-0.15, -0.1) is 10.2 Å². The van der Waals surface area contributed by atoms with E-state index in [1.165, 1.54) is 5.56 Å². The average molecular weight is 287 g/mol. The van der Waals surface area contributed by atoms with Gasteiger partial charge in [-0.2, -0.15) is 0 Å². The standard InChI is InChI=1S/C15H11ClN2S/c16-14-12-8-4-5-9-13(12)15(18-17-14)19-10-11-6-2-1-3-7-11/h1-9H,10H2. The maximum Gasteiger partial charge on any atom is 0.159 e. The molecule has 3 aromatic rings. The SMILES string of the molecule is Clc1nnc(SCc2ccccc2)c2ccccc12. The van der Waals surface area contributed by atoms with Crippen LogP contribution >= 0.6 is 23.4 Å². The van der Waals surface area contributed by atoms with Gasteiger partial charge in [0.1, 0.15) is 5.03 Å². The summed E-state index contributed by atoms with van der Waals surface area (Å²) in [5.74, 6) is 0.876. The molecule has 0 N–H and O–H groups in total. The molecule has 0 saturated carbocycles. The fourth-order valence-electron chi connectivity index (χ4n) is 1.88. The molecule has 0 bridgehead atoms. The van der Waals surface area contributed by atoms with E-state index >= 15 is 0 Å². The van der Waals surface area contributed by atoms with Crippen molar-refractivity contribution in [1.82, 2.24) is 10.2 Å². The lowest BCUT2D eigenvalue weighted by Crippen LogP contribution is -1.90. The number of fused-ring (bicyclic) bond motifs is 1. The summed E-state index contributed by atoms with van der Waals surface area (Å²) in [6, 6.07) is 18.3. The lowest BCUT2D eigenvalue weighted by atomic mass is 10.2. The first-order valence-electron chi connectivity index (χ1n) is 5.92. The molecule has 19 heavy (non-hydrogen) atoms. The van der Waals surface area contributed by atoms with Crippen molar-refractivity contribution in [2.24, 2.45) is 0 Å². The Morgan fingerprint density at radius 3 is 2.32 bits per heavy atom. The number of thioether (sulfide) groups is 1. The Morgan fingerprint density at radius 1 is 0.842 bits per heavy atom. The molecule has 0 amide bonds. The van der Waals surface area contributed by atoms with Gasteiger partial charge in [-0.3, -0.25) is 0 Å². The highest BCUT2D eigenvalue weighted by Crippen LogP contribution is 2.30. The van der Waals surface area contributed by atoms with E-state index in [0.29, 0.717) is 5.15 Å². The summed E-state index contributed by atoms with van der Waals surface area (Å²) >= 11 is 7.74. The smallest absolute Gasteiger partial charge is 0.142 e. The topological polar surface area (TPSA) is 25.8 Å². The van der Waals surface area contributed by atoms with Crippen molar-refractivity contribution < 1.29 is 0 Å². The number of aromatic nitrogens is 2. The predicted octanol–water partition coefficient (Wildman–Crippen LogP) is 4.58. The van der Waals surface area contributed by atoms with Gasteiger partial charge < -0.3 is 0 Å². The third kappa shape index (κ3) is 2.72. The molecular formula is C15H11ClN2S. The van der Waals surface area contributed by atoms with E-state index in [-0.39, 0.29) is 0 Å². The monoisotopic (exact) mass is 286 g/mol. The van der Waals surface area contributed by atoms with Crippen LogP contribution in [-0.4, -0.2) is 10.2 Å². The number of halogens is 1. The van der Waals surface area contributed by atoms with Crippen molar-refractivity contribution >= 4 is 34.1 Å². The number of rotatable bonds is 3. The van der Waals surface area contributed by atoms with Crippen molar-refractivity contribution in [3.05, 3.63) is 65.3 Å². The van der Waals surface area contributed by atoms with Crippen LogP contribution in [0.1, 0.15) is 5.56 Å². The second-order valence-electron chi connectivity index (χ2n) is 4.12. The Labute approximate surface area is 120 Å². The van der Waals surface area contributed by atoms with Crippen LogP contribution in [0, 0.1) is 0 Å². The van der Waals surface area contributed by atoms with Crippen LogP contribution < -0.4 is 0 Å². The first kappa shape index (κ1) is 12.5. The second kappa shape index (κ2) is 5.59. The number of nitrogens with zero attached hydrogens (tertiary/aromatic N) is 2. The van der Waals surface area contributed by atoms with Gasteiger partial charge >= 0.3 is 0 Å². The van der Waals surface area contributed by atoms with Gasteiger partial charge in [0.25, 0.3) is 0 Å². The summed E-state index contributed by atoms with van der Waals surface area (Å²) in [4.78, 5) is 0. The molecule has 3 rings (SSSR count). The van der Waals surface area contributed by atoms with Gasteiger partial charge in [0.2, 0.25) is 0 Å². The van der Waals surface area contributed by atoms with E-state index in [0.717, 1.165) is 21.6 Å². The second-order valence-corrected chi connectivity index (χ2v) is 5.44. The zero-order chi connectivity index (χ0) is 13.1. The number of benzene rings is 2. The Kier molecular flexibility index (Phi) is 3.67. The van der Waals surface area contributed by atoms with Gasteiger partial charge in [-0.05, 0) is 5.56 Å². The molecule has 0 aliphatic heterocycles.